The maximum absolute atomic E-state index is 12.7. The molecule has 0 N–H and O–H groups in total. The minimum Gasteiger partial charge on any atom is -0.494 e. The van der Waals surface area contributed by atoms with E-state index in [4.69, 9.17) is 37.9 Å². The molecule has 0 amide bonds. The number of aryl methyl sites for hydroxylation is 1. The number of hydrogen-bond acceptors (Lipinski definition) is 17. The first-order chi connectivity index (χ1) is 41.0. The van der Waals surface area contributed by atoms with Crippen LogP contribution in [0.1, 0.15) is 126 Å². The van der Waals surface area contributed by atoms with E-state index in [0.717, 1.165) is 17.7 Å². The van der Waals surface area contributed by atoms with Crippen molar-refractivity contribution in [2.45, 2.75) is 103 Å². The Labute approximate surface area is 491 Å². The van der Waals surface area contributed by atoms with Gasteiger partial charge in [-0.1, -0.05) is 35.9 Å². The number of ether oxygens (including phenoxy) is 8. The van der Waals surface area contributed by atoms with Gasteiger partial charge in [0, 0.05) is 37.1 Å². The molecular formula is C61H64F6N2O17. The zero-order valence-corrected chi connectivity index (χ0v) is 47.0. The molecule has 462 valence electrons. The first-order valence-corrected chi connectivity index (χ1v) is 27.1. The Morgan fingerprint density at radius 2 is 0.837 bits per heavy atom. The quantitative estimate of drug-likeness (QED) is 0.00554. The predicted molar refractivity (Wildman–Crippen MR) is 300 cm³/mol. The topological polar surface area (TPSA) is 245 Å². The third-order valence-corrected chi connectivity index (χ3v) is 11.7. The lowest BCUT2D eigenvalue weighted by molar-refractivity contribution is -0.396. The first-order valence-electron chi connectivity index (χ1n) is 27.1. The van der Waals surface area contributed by atoms with Crippen LogP contribution in [0.15, 0.2) is 127 Å². The zero-order valence-electron chi connectivity index (χ0n) is 47.0. The third kappa shape index (κ3) is 27.9. The standard InChI is InChI=1S/C43H47F3N2O14.C18H17F3O3/c1-2-12-38(49)58-24-7-3-5-9-26-60-40-36(47(53)54)29-33(30-37(40)48(55)56)41(51)61-27-10-6-4-8-25-59-39(50)22-15-31-13-18-35(19-14-31)62-42(52)32-16-20-34(21-17-32)57-28-11-23-43(44,45)46;1-13-3-7-16(8-4-13)24-17(22)14-5-9-15(10-6-14)23-12-2-11-18(19,20)21/h2,12-22,29-30H,3-11,23-28H2,1H3;3-10H,2,11-12H2,1H3/b12-2+,22-15+;. The summed E-state index contributed by atoms with van der Waals surface area (Å²) < 4.78 is 115. The van der Waals surface area contributed by atoms with Crippen molar-refractivity contribution in [2.24, 2.45) is 0 Å². The largest absolute Gasteiger partial charge is 0.494 e. The number of halogens is 6. The van der Waals surface area contributed by atoms with Crippen molar-refractivity contribution in [2.75, 3.05) is 39.6 Å². The molecule has 86 heavy (non-hydrogen) atoms. The van der Waals surface area contributed by atoms with Gasteiger partial charge in [-0.25, -0.2) is 24.0 Å². The Hall–Kier alpha value is -9.29. The minimum atomic E-state index is -4.25. The molecule has 0 aliphatic heterocycles. The van der Waals surface area contributed by atoms with Crippen LogP contribution in [0.25, 0.3) is 6.08 Å². The van der Waals surface area contributed by atoms with E-state index in [1.54, 1.807) is 37.3 Å². The summed E-state index contributed by atoms with van der Waals surface area (Å²) in [5.41, 5.74) is 0.349. The number of unbranched alkanes of at least 4 members (excludes halogenated alkanes) is 6. The van der Waals surface area contributed by atoms with E-state index in [1.807, 2.05) is 19.1 Å². The van der Waals surface area contributed by atoms with Gasteiger partial charge in [-0.15, -0.1) is 0 Å². The van der Waals surface area contributed by atoms with Crippen molar-refractivity contribution in [3.8, 4) is 28.7 Å². The van der Waals surface area contributed by atoms with E-state index in [0.29, 0.717) is 79.7 Å². The van der Waals surface area contributed by atoms with Crippen molar-refractivity contribution in [3.05, 3.63) is 175 Å². The minimum absolute atomic E-state index is 0.0351. The highest BCUT2D eigenvalue weighted by molar-refractivity contribution is 5.93. The molecule has 0 heterocycles. The first kappa shape index (κ1) is 69.2. The van der Waals surface area contributed by atoms with Crippen LogP contribution >= 0.6 is 0 Å². The number of nitro groups is 2. The SMILES string of the molecule is C/C=C/C(=O)OCCCCCCOc1c([N+](=O)[O-])cc(C(=O)OCCCCCCOC(=O)/C=C/c2ccc(OC(=O)c3ccc(OCCCC(F)(F)F)cc3)cc2)cc1[N+](=O)[O-].Cc1ccc(OC(=O)c2ccc(OCCCC(F)(F)F)cc2)cc1. The van der Waals surface area contributed by atoms with E-state index in [1.165, 1.54) is 78.9 Å². The lowest BCUT2D eigenvalue weighted by Crippen LogP contribution is -2.10. The van der Waals surface area contributed by atoms with Gasteiger partial charge in [0.05, 0.1) is 66.2 Å². The van der Waals surface area contributed by atoms with Gasteiger partial charge in [0.2, 0.25) is 0 Å². The summed E-state index contributed by atoms with van der Waals surface area (Å²) in [5, 5.41) is 23.5. The Kier molecular flexibility index (Phi) is 29.3. The number of rotatable bonds is 33. The summed E-state index contributed by atoms with van der Waals surface area (Å²) >= 11 is 0. The molecule has 0 aromatic heterocycles. The molecule has 0 spiro atoms. The lowest BCUT2D eigenvalue weighted by Gasteiger charge is -2.10. The number of carbonyl (C=O) groups excluding carboxylic acids is 5. The molecule has 0 unspecified atom stereocenters. The van der Waals surface area contributed by atoms with Crippen molar-refractivity contribution in [1.29, 1.82) is 0 Å². The maximum atomic E-state index is 12.7. The van der Waals surface area contributed by atoms with Crippen molar-refractivity contribution in [1.82, 2.24) is 0 Å². The van der Waals surface area contributed by atoms with Gasteiger partial charge >= 0.3 is 53.6 Å². The number of carbonyl (C=O) groups is 5. The van der Waals surface area contributed by atoms with E-state index < -0.39 is 82.0 Å². The van der Waals surface area contributed by atoms with Gasteiger partial charge in [0.1, 0.15) is 23.0 Å². The van der Waals surface area contributed by atoms with Crippen LogP contribution in [-0.2, 0) is 23.8 Å². The monoisotopic (exact) mass is 1210 g/mol. The number of alkyl halides is 6. The Bertz CT molecular complexity index is 3000. The molecule has 0 fully saturated rings. The fraction of sp³-hybridized carbons (Fsp3) is 0.361. The van der Waals surface area contributed by atoms with Crippen molar-refractivity contribution < 1.29 is 98.1 Å². The van der Waals surface area contributed by atoms with Crippen LogP contribution in [0.3, 0.4) is 0 Å². The number of hydrogen-bond donors (Lipinski definition) is 0. The van der Waals surface area contributed by atoms with Crippen LogP contribution in [0.2, 0.25) is 0 Å². The van der Waals surface area contributed by atoms with Gasteiger partial charge in [-0.3, -0.25) is 20.2 Å². The van der Waals surface area contributed by atoms with Crippen LogP contribution in [0.5, 0.6) is 28.7 Å². The average molecular weight is 1210 g/mol. The number of benzene rings is 5. The highest BCUT2D eigenvalue weighted by Gasteiger charge is 2.31. The Morgan fingerprint density at radius 1 is 0.453 bits per heavy atom. The second-order valence-corrected chi connectivity index (χ2v) is 18.7. The molecule has 0 radical (unpaired) electrons. The molecule has 0 atom stereocenters. The molecule has 0 aliphatic rings. The highest BCUT2D eigenvalue weighted by Crippen LogP contribution is 2.39. The van der Waals surface area contributed by atoms with Gasteiger partial charge in [-0.05, 0) is 162 Å². The van der Waals surface area contributed by atoms with Crippen molar-refractivity contribution in [3.63, 3.8) is 0 Å². The summed E-state index contributed by atoms with van der Waals surface area (Å²) in [6.07, 6.45) is -0.532. The summed E-state index contributed by atoms with van der Waals surface area (Å²) in [7, 11) is 0. The van der Waals surface area contributed by atoms with Crippen LogP contribution in [0.4, 0.5) is 37.7 Å². The number of allylic oxidation sites excluding steroid dienone is 1. The summed E-state index contributed by atoms with van der Waals surface area (Å²) in [5.74, 6) is -2.33. The van der Waals surface area contributed by atoms with E-state index in [2.05, 4.69) is 0 Å². The molecule has 0 bridgehead atoms. The molecule has 19 nitrogen and oxygen atoms in total. The molecule has 5 aromatic rings. The molecule has 0 saturated heterocycles. The van der Waals surface area contributed by atoms with Gasteiger partial charge in [-0.2, -0.15) is 26.3 Å². The second kappa shape index (κ2) is 36.4. The number of nitro benzene ring substituents is 2. The molecule has 25 heteroatoms. The predicted octanol–water partition coefficient (Wildman–Crippen LogP) is 14.4. The van der Waals surface area contributed by atoms with Crippen LogP contribution in [0, 0.1) is 27.2 Å². The highest BCUT2D eigenvalue weighted by atomic mass is 19.4. The molecule has 0 aliphatic carbocycles. The third-order valence-electron chi connectivity index (χ3n) is 11.7. The van der Waals surface area contributed by atoms with Crippen molar-refractivity contribution >= 4 is 47.3 Å². The van der Waals surface area contributed by atoms with E-state index >= 15 is 0 Å². The molecule has 5 aromatic carbocycles. The Balaban J connectivity index is 0.000000546. The number of esters is 5. The summed E-state index contributed by atoms with van der Waals surface area (Å²) in [6, 6.07) is 27.0. The smallest absolute Gasteiger partial charge is 0.389 e. The van der Waals surface area contributed by atoms with E-state index in [9.17, 15) is 70.5 Å². The van der Waals surface area contributed by atoms with Gasteiger partial charge < -0.3 is 37.9 Å². The summed E-state index contributed by atoms with van der Waals surface area (Å²) in [6.45, 7) is 3.71. The van der Waals surface area contributed by atoms with E-state index in [-0.39, 0.29) is 69.4 Å². The Morgan fingerprint density at radius 3 is 1.26 bits per heavy atom. The number of nitrogens with zero attached hydrogens (tertiary/aromatic N) is 2. The normalized spacial score (nSPS) is 11.3. The zero-order chi connectivity index (χ0) is 62.9. The lowest BCUT2D eigenvalue weighted by atomic mass is 10.1. The molecule has 5 rings (SSSR count). The molecule has 0 saturated carbocycles. The maximum Gasteiger partial charge on any atom is 0.389 e. The fourth-order valence-electron chi connectivity index (χ4n) is 7.30. The van der Waals surface area contributed by atoms with Crippen LogP contribution in [-0.4, -0.2) is 91.7 Å². The van der Waals surface area contributed by atoms with Crippen LogP contribution < -0.4 is 23.7 Å². The molecular weight excluding hydrogens is 1150 g/mol. The van der Waals surface area contributed by atoms with Gasteiger partial charge in [0.25, 0.3) is 5.75 Å². The summed E-state index contributed by atoms with van der Waals surface area (Å²) in [4.78, 5) is 82.4. The fourth-order valence-corrected chi connectivity index (χ4v) is 7.30. The second-order valence-electron chi connectivity index (χ2n) is 18.7. The van der Waals surface area contributed by atoms with Gasteiger partial charge in [0.15, 0.2) is 0 Å². The average Bonchev–Trinajstić information content (AvgIpc) is 1.88.